The van der Waals surface area contributed by atoms with Crippen LogP contribution in [0.3, 0.4) is 0 Å². The first kappa shape index (κ1) is 24.4. The highest BCUT2D eigenvalue weighted by Crippen LogP contribution is 2.32. The molecule has 11 heteroatoms. The molecule has 1 aliphatic heterocycles. The van der Waals surface area contributed by atoms with E-state index in [2.05, 4.69) is 9.88 Å². The van der Waals surface area contributed by atoms with E-state index in [1.807, 2.05) is 0 Å². The fourth-order valence-electron chi connectivity index (χ4n) is 3.33. The second-order valence-electron chi connectivity index (χ2n) is 7.07. The van der Waals surface area contributed by atoms with E-state index >= 15 is 0 Å². The monoisotopic (exact) mass is 489 g/mol. The average Bonchev–Trinajstić information content (AvgIpc) is 3.19. The van der Waals surface area contributed by atoms with E-state index in [4.69, 9.17) is 4.74 Å². The van der Waals surface area contributed by atoms with E-state index in [-0.39, 0.29) is 30.0 Å². The van der Waals surface area contributed by atoms with Crippen LogP contribution >= 0.6 is 23.7 Å². The van der Waals surface area contributed by atoms with Crippen molar-refractivity contribution in [2.24, 2.45) is 0 Å². The van der Waals surface area contributed by atoms with Gasteiger partial charge in [-0.1, -0.05) is 17.4 Å². The molecule has 1 aromatic heterocycles. The lowest BCUT2D eigenvalue weighted by molar-refractivity contribution is -0.137. The number of amides is 1. The molecule has 0 N–H and O–H groups in total. The Morgan fingerprint density at radius 1 is 1.12 bits per heavy atom. The van der Waals surface area contributed by atoms with E-state index in [0.717, 1.165) is 37.4 Å². The molecule has 3 aromatic rings. The molecule has 1 aliphatic rings. The van der Waals surface area contributed by atoms with Crippen molar-refractivity contribution < 1.29 is 27.1 Å². The Morgan fingerprint density at radius 3 is 2.44 bits per heavy atom. The number of thiazole rings is 1. The summed E-state index contributed by atoms with van der Waals surface area (Å²) in [4.78, 5) is 21.1. The third kappa shape index (κ3) is 5.37. The van der Waals surface area contributed by atoms with Crippen molar-refractivity contribution >= 4 is 45.0 Å². The normalized spacial score (nSPS) is 14.9. The predicted octanol–water partition coefficient (Wildman–Crippen LogP) is 4.86. The topological polar surface area (TPSA) is 45.7 Å². The smallest absolute Gasteiger partial charge is 0.379 e. The van der Waals surface area contributed by atoms with Crippen molar-refractivity contribution in [2.75, 3.05) is 44.3 Å². The summed E-state index contributed by atoms with van der Waals surface area (Å²) in [5, 5.41) is 0.304. The number of nitrogens with zero attached hydrogens (tertiary/aromatic N) is 3. The number of carbonyl (C=O) groups excluding carboxylic acids is 1. The minimum atomic E-state index is -4.48. The number of para-hydroxylation sites is 1. The Bertz CT molecular complexity index is 1070. The number of rotatable bonds is 5. The van der Waals surface area contributed by atoms with E-state index in [9.17, 15) is 22.4 Å². The van der Waals surface area contributed by atoms with Gasteiger partial charge in [-0.25, -0.2) is 9.37 Å². The van der Waals surface area contributed by atoms with Crippen LogP contribution in [0.1, 0.15) is 15.9 Å². The Hall–Kier alpha value is -2.27. The fourth-order valence-corrected chi connectivity index (χ4v) is 4.33. The lowest BCUT2D eigenvalue weighted by Crippen LogP contribution is -2.43. The molecule has 172 valence electrons. The van der Waals surface area contributed by atoms with Crippen molar-refractivity contribution in [3.63, 3.8) is 0 Å². The molecule has 0 unspecified atom stereocenters. The van der Waals surface area contributed by atoms with Crippen LogP contribution in [0.4, 0.5) is 22.7 Å². The molecule has 0 aliphatic carbocycles. The van der Waals surface area contributed by atoms with E-state index in [1.54, 1.807) is 12.1 Å². The molecule has 0 atom stereocenters. The molecular weight excluding hydrogens is 470 g/mol. The van der Waals surface area contributed by atoms with Crippen LogP contribution in [-0.2, 0) is 10.9 Å². The van der Waals surface area contributed by atoms with Gasteiger partial charge in [0.25, 0.3) is 5.91 Å². The third-order valence-electron chi connectivity index (χ3n) is 5.04. The van der Waals surface area contributed by atoms with Crippen molar-refractivity contribution in [2.45, 2.75) is 6.18 Å². The number of benzene rings is 2. The maximum atomic E-state index is 14.1. The summed E-state index contributed by atoms with van der Waals surface area (Å²) in [6, 6.07) is 8.64. The van der Waals surface area contributed by atoms with Gasteiger partial charge in [-0.15, -0.1) is 12.4 Å². The first-order valence-electron chi connectivity index (χ1n) is 9.67. The number of fused-ring (bicyclic) bond motifs is 1. The minimum Gasteiger partial charge on any atom is -0.379 e. The van der Waals surface area contributed by atoms with Gasteiger partial charge in [0, 0.05) is 31.7 Å². The number of hydrogen-bond donors (Lipinski definition) is 0. The average molecular weight is 490 g/mol. The van der Waals surface area contributed by atoms with Gasteiger partial charge in [-0.2, -0.15) is 13.2 Å². The van der Waals surface area contributed by atoms with Gasteiger partial charge in [0.1, 0.15) is 11.3 Å². The number of hydrogen-bond acceptors (Lipinski definition) is 5. The standard InChI is InChI=1S/C21H19F4N3O2S.ClH/c22-16-2-1-3-17-18(16)26-20(31-17)28(9-8-27-10-12-30-13-11-27)19(29)14-4-6-15(7-5-14)21(23,24)25;/h1-7H,8-13H2;1H. The second kappa shape index (κ2) is 10.1. The van der Waals surface area contributed by atoms with Crippen molar-refractivity contribution in [1.82, 2.24) is 9.88 Å². The molecule has 1 fully saturated rings. The molecule has 1 amide bonds. The van der Waals surface area contributed by atoms with Crippen LogP contribution in [0.25, 0.3) is 10.2 Å². The number of morpholine rings is 1. The maximum absolute atomic E-state index is 14.1. The number of halogens is 5. The van der Waals surface area contributed by atoms with Gasteiger partial charge in [-0.05, 0) is 36.4 Å². The lowest BCUT2D eigenvalue weighted by Gasteiger charge is -2.29. The van der Waals surface area contributed by atoms with Gasteiger partial charge in [0.15, 0.2) is 5.13 Å². The van der Waals surface area contributed by atoms with Crippen LogP contribution in [-0.4, -0.2) is 55.2 Å². The van der Waals surface area contributed by atoms with Gasteiger partial charge < -0.3 is 4.74 Å². The number of alkyl halides is 3. The highest BCUT2D eigenvalue weighted by molar-refractivity contribution is 7.22. The van der Waals surface area contributed by atoms with Crippen molar-refractivity contribution in [3.05, 3.63) is 59.4 Å². The van der Waals surface area contributed by atoms with Crippen LogP contribution in [0.2, 0.25) is 0 Å². The third-order valence-corrected chi connectivity index (χ3v) is 6.08. The zero-order chi connectivity index (χ0) is 22.0. The molecule has 0 saturated carbocycles. The summed E-state index contributed by atoms with van der Waals surface area (Å²) < 4.78 is 58.7. The Morgan fingerprint density at radius 2 is 1.81 bits per heavy atom. The quantitative estimate of drug-likeness (QED) is 0.480. The molecule has 2 aromatic carbocycles. The number of aromatic nitrogens is 1. The van der Waals surface area contributed by atoms with Crippen LogP contribution in [0.5, 0.6) is 0 Å². The lowest BCUT2D eigenvalue weighted by atomic mass is 10.1. The summed E-state index contributed by atoms with van der Waals surface area (Å²) in [6.07, 6.45) is -4.48. The zero-order valence-corrected chi connectivity index (χ0v) is 18.4. The van der Waals surface area contributed by atoms with E-state index in [0.29, 0.717) is 29.6 Å². The first-order chi connectivity index (χ1) is 14.8. The zero-order valence-electron chi connectivity index (χ0n) is 16.8. The number of ether oxygens (including phenoxy) is 1. The molecule has 0 spiro atoms. The predicted molar refractivity (Wildman–Crippen MR) is 117 cm³/mol. The maximum Gasteiger partial charge on any atom is 0.416 e. The second-order valence-corrected chi connectivity index (χ2v) is 8.08. The van der Waals surface area contributed by atoms with Gasteiger partial charge in [0.2, 0.25) is 0 Å². The molecule has 2 heterocycles. The largest absolute Gasteiger partial charge is 0.416 e. The summed E-state index contributed by atoms with van der Waals surface area (Å²) in [6.45, 7) is 3.43. The van der Waals surface area contributed by atoms with E-state index in [1.165, 1.54) is 22.3 Å². The molecular formula is C21H20ClF4N3O2S. The Labute approximate surface area is 192 Å². The minimum absolute atomic E-state index is 0. The molecule has 4 rings (SSSR count). The molecule has 1 saturated heterocycles. The number of carbonyl (C=O) groups is 1. The molecule has 32 heavy (non-hydrogen) atoms. The summed E-state index contributed by atoms with van der Waals surface area (Å²) in [5.74, 6) is -0.975. The van der Waals surface area contributed by atoms with Crippen LogP contribution < -0.4 is 4.90 Å². The van der Waals surface area contributed by atoms with Crippen molar-refractivity contribution in [1.29, 1.82) is 0 Å². The molecule has 0 radical (unpaired) electrons. The Balaban J connectivity index is 0.00000289. The SMILES string of the molecule is Cl.O=C(c1ccc(C(F)(F)F)cc1)N(CCN1CCOCC1)c1nc2c(F)cccc2s1. The van der Waals surface area contributed by atoms with Crippen molar-refractivity contribution in [3.8, 4) is 0 Å². The van der Waals surface area contributed by atoms with Gasteiger partial charge in [-0.3, -0.25) is 14.6 Å². The molecule has 0 bridgehead atoms. The highest BCUT2D eigenvalue weighted by atomic mass is 35.5. The van der Waals surface area contributed by atoms with Crippen LogP contribution in [0.15, 0.2) is 42.5 Å². The van der Waals surface area contributed by atoms with Crippen LogP contribution in [0, 0.1) is 5.82 Å². The van der Waals surface area contributed by atoms with E-state index < -0.39 is 23.5 Å². The first-order valence-corrected chi connectivity index (χ1v) is 10.5. The summed E-state index contributed by atoms with van der Waals surface area (Å²) in [7, 11) is 0. The van der Waals surface area contributed by atoms with Gasteiger partial charge >= 0.3 is 6.18 Å². The van der Waals surface area contributed by atoms with Gasteiger partial charge in [0.05, 0.1) is 23.5 Å². The fraction of sp³-hybridized carbons (Fsp3) is 0.333. The number of anilines is 1. The Kier molecular flexibility index (Phi) is 7.71. The summed E-state index contributed by atoms with van der Waals surface area (Å²) >= 11 is 1.17. The molecule has 5 nitrogen and oxygen atoms in total. The highest BCUT2D eigenvalue weighted by Gasteiger charge is 2.31. The summed E-state index contributed by atoms with van der Waals surface area (Å²) in [5.41, 5.74) is -0.556.